The van der Waals surface area contributed by atoms with Crippen LogP contribution in [0.5, 0.6) is 5.75 Å². The van der Waals surface area contributed by atoms with Gasteiger partial charge in [-0.1, -0.05) is 6.07 Å². The number of halogens is 1. The molecule has 3 aromatic rings. The summed E-state index contributed by atoms with van der Waals surface area (Å²) in [6.07, 6.45) is 0. The number of nitrogens with zero attached hydrogens (tertiary/aromatic N) is 1. The Morgan fingerprint density at radius 2 is 2.15 bits per heavy atom. The van der Waals surface area contributed by atoms with Crippen LogP contribution in [0.4, 0.5) is 10.1 Å². The molecule has 0 saturated carbocycles. The third kappa shape index (κ3) is 2.20. The van der Waals surface area contributed by atoms with E-state index in [1.165, 1.54) is 17.4 Å². The molecule has 0 spiro atoms. The molecule has 2 N–H and O–H groups in total. The maximum absolute atomic E-state index is 13.9. The minimum absolute atomic E-state index is 0.353. The first kappa shape index (κ1) is 12.9. The second-order valence-electron chi connectivity index (χ2n) is 4.29. The summed E-state index contributed by atoms with van der Waals surface area (Å²) >= 11 is 1.41. The first-order valence-electron chi connectivity index (χ1n) is 6.27. The minimum Gasteiger partial charge on any atom is -0.494 e. The van der Waals surface area contributed by atoms with E-state index in [0.717, 1.165) is 16.0 Å². The molecule has 20 heavy (non-hydrogen) atoms. The predicted octanol–water partition coefficient (Wildman–Crippen LogP) is 4.08. The predicted molar refractivity (Wildman–Crippen MR) is 80.6 cm³/mol. The maximum atomic E-state index is 13.9. The van der Waals surface area contributed by atoms with E-state index in [9.17, 15) is 4.39 Å². The zero-order valence-electron chi connectivity index (χ0n) is 10.9. The molecule has 0 radical (unpaired) electrons. The third-order valence-corrected chi connectivity index (χ3v) is 3.97. The van der Waals surface area contributed by atoms with E-state index in [2.05, 4.69) is 4.98 Å². The number of benzene rings is 2. The van der Waals surface area contributed by atoms with Gasteiger partial charge in [0.15, 0.2) is 0 Å². The summed E-state index contributed by atoms with van der Waals surface area (Å²) in [5.41, 5.74) is 7.44. The van der Waals surface area contributed by atoms with Crippen LogP contribution in [-0.4, -0.2) is 11.6 Å². The van der Waals surface area contributed by atoms with Crippen molar-refractivity contribution in [3.8, 4) is 16.3 Å². The van der Waals surface area contributed by atoms with Gasteiger partial charge in [-0.2, -0.15) is 0 Å². The molecule has 0 saturated heterocycles. The molecular formula is C15H13FN2OS. The number of nitrogen functional groups attached to an aromatic ring is 1. The van der Waals surface area contributed by atoms with Crippen LogP contribution < -0.4 is 10.5 Å². The number of hydrogen-bond donors (Lipinski definition) is 1. The van der Waals surface area contributed by atoms with Crippen LogP contribution in [0, 0.1) is 5.82 Å². The average molecular weight is 288 g/mol. The van der Waals surface area contributed by atoms with Gasteiger partial charge in [0, 0.05) is 5.69 Å². The Bertz CT molecular complexity index is 749. The number of anilines is 1. The van der Waals surface area contributed by atoms with Gasteiger partial charge in [0.25, 0.3) is 0 Å². The average Bonchev–Trinajstić information content (AvgIpc) is 2.81. The molecule has 102 valence electrons. The molecule has 0 aliphatic heterocycles. The fourth-order valence-electron chi connectivity index (χ4n) is 2.03. The topological polar surface area (TPSA) is 48.1 Å². The number of aromatic nitrogens is 1. The molecule has 0 fully saturated rings. The molecule has 1 heterocycles. The van der Waals surface area contributed by atoms with E-state index in [1.54, 1.807) is 12.1 Å². The molecule has 0 aliphatic carbocycles. The fourth-order valence-corrected chi connectivity index (χ4v) is 3.10. The molecule has 3 nitrogen and oxygen atoms in total. The molecular weight excluding hydrogens is 275 g/mol. The van der Waals surface area contributed by atoms with E-state index in [1.807, 2.05) is 25.1 Å². The lowest BCUT2D eigenvalue weighted by Gasteiger charge is -2.02. The standard InChI is InChI=1S/C15H13FN2OS/c1-2-19-9-6-7-12-13(8-9)20-15(18-12)14-10(16)4-3-5-11(14)17/h3-8H,2,17H2,1H3. The Labute approximate surface area is 119 Å². The summed E-state index contributed by atoms with van der Waals surface area (Å²) in [5, 5.41) is 0.587. The third-order valence-electron chi connectivity index (χ3n) is 2.93. The van der Waals surface area contributed by atoms with Gasteiger partial charge in [-0.05, 0) is 37.3 Å². The molecule has 2 aromatic carbocycles. The lowest BCUT2D eigenvalue weighted by Crippen LogP contribution is -1.92. The molecule has 0 bridgehead atoms. The Morgan fingerprint density at radius 1 is 1.30 bits per heavy atom. The summed E-state index contributed by atoms with van der Waals surface area (Å²) in [6, 6.07) is 10.3. The van der Waals surface area contributed by atoms with Gasteiger partial charge in [0.05, 0.1) is 22.4 Å². The minimum atomic E-state index is -0.353. The lowest BCUT2D eigenvalue weighted by molar-refractivity contribution is 0.341. The van der Waals surface area contributed by atoms with Gasteiger partial charge >= 0.3 is 0 Å². The van der Waals surface area contributed by atoms with Crippen molar-refractivity contribution in [2.24, 2.45) is 0 Å². The molecule has 0 aliphatic rings. The summed E-state index contributed by atoms with van der Waals surface area (Å²) < 4.78 is 20.3. The van der Waals surface area contributed by atoms with Gasteiger partial charge in [-0.25, -0.2) is 9.37 Å². The SMILES string of the molecule is CCOc1ccc2nc(-c3c(N)cccc3F)sc2c1. The van der Waals surface area contributed by atoms with Crippen molar-refractivity contribution in [2.45, 2.75) is 6.92 Å². The molecule has 0 unspecified atom stereocenters. The molecule has 1 aromatic heterocycles. The second kappa shape index (κ2) is 5.09. The summed E-state index contributed by atoms with van der Waals surface area (Å²) in [6.45, 7) is 2.54. The number of nitrogens with two attached hydrogens (primary N) is 1. The van der Waals surface area contributed by atoms with Crippen molar-refractivity contribution in [2.75, 3.05) is 12.3 Å². The largest absolute Gasteiger partial charge is 0.494 e. The summed E-state index contributed by atoms with van der Waals surface area (Å²) in [7, 11) is 0. The van der Waals surface area contributed by atoms with Crippen molar-refractivity contribution in [3.05, 3.63) is 42.2 Å². The van der Waals surface area contributed by atoms with Crippen LogP contribution in [0.3, 0.4) is 0 Å². The van der Waals surface area contributed by atoms with Crippen LogP contribution in [0.25, 0.3) is 20.8 Å². The number of fused-ring (bicyclic) bond motifs is 1. The molecule has 5 heteroatoms. The molecule has 3 rings (SSSR count). The van der Waals surface area contributed by atoms with Gasteiger partial charge in [-0.3, -0.25) is 0 Å². The van der Waals surface area contributed by atoms with Crippen LogP contribution in [0.15, 0.2) is 36.4 Å². The van der Waals surface area contributed by atoms with Crippen molar-refractivity contribution >= 4 is 27.2 Å². The van der Waals surface area contributed by atoms with Crippen molar-refractivity contribution < 1.29 is 9.13 Å². The Balaban J connectivity index is 2.13. The number of hydrogen-bond acceptors (Lipinski definition) is 4. The quantitative estimate of drug-likeness (QED) is 0.739. The summed E-state index contributed by atoms with van der Waals surface area (Å²) in [5.74, 6) is 0.436. The Kier molecular flexibility index (Phi) is 3.28. The smallest absolute Gasteiger partial charge is 0.135 e. The highest BCUT2D eigenvalue weighted by atomic mass is 32.1. The highest BCUT2D eigenvalue weighted by Gasteiger charge is 2.14. The van der Waals surface area contributed by atoms with E-state index in [0.29, 0.717) is 22.9 Å². The Hall–Kier alpha value is -2.14. The number of thiazole rings is 1. The van der Waals surface area contributed by atoms with Crippen molar-refractivity contribution in [3.63, 3.8) is 0 Å². The second-order valence-corrected chi connectivity index (χ2v) is 5.32. The summed E-state index contributed by atoms with van der Waals surface area (Å²) in [4.78, 5) is 4.45. The van der Waals surface area contributed by atoms with Crippen LogP contribution >= 0.6 is 11.3 Å². The lowest BCUT2D eigenvalue weighted by atomic mass is 10.2. The van der Waals surface area contributed by atoms with E-state index in [4.69, 9.17) is 10.5 Å². The molecule has 0 atom stereocenters. The van der Waals surface area contributed by atoms with Crippen molar-refractivity contribution in [1.82, 2.24) is 4.98 Å². The number of rotatable bonds is 3. The first-order chi connectivity index (χ1) is 9.69. The van der Waals surface area contributed by atoms with Crippen LogP contribution in [0.2, 0.25) is 0 Å². The van der Waals surface area contributed by atoms with Crippen molar-refractivity contribution in [1.29, 1.82) is 0 Å². The number of ether oxygens (including phenoxy) is 1. The van der Waals surface area contributed by atoms with Crippen LogP contribution in [-0.2, 0) is 0 Å². The highest BCUT2D eigenvalue weighted by Crippen LogP contribution is 2.36. The maximum Gasteiger partial charge on any atom is 0.135 e. The van der Waals surface area contributed by atoms with E-state index >= 15 is 0 Å². The van der Waals surface area contributed by atoms with E-state index < -0.39 is 0 Å². The monoisotopic (exact) mass is 288 g/mol. The Morgan fingerprint density at radius 3 is 2.90 bits per heavy atom. The zero-order valence-corrected chi connectivity index (χ0v) is 11.7. The van der Waals surface area contributed by atoms with Gasteiger partial charge in [-0.15, -0.1) is 11.3 Å². The van der Waals surface area contributed by atoms with Crippen LogP contribution in [0.1, 0.15) is 6.92 Å². The van der Waals surface area contributed by atoms with Gasteiger partial charge in [0.1, 0.15) is 16.6 Å². The van der Waals surface area contributed by atoms with Gasteiger partial charge < -0.3 is 10.5 Å². The highest BCUT2D eigenvalue weighted by molar-refractivity contribution is 7.21. The van der Waals surface area contributed by atoms with E-state index in [-0.39, 0.29) is 5.82 Å². The zero-order chi connectivity index (χ0) is 14.1. The normalized spacial score (nSPS) is 10.9. The van der Waals surface area contributed by atoms with Gasteiger partial charge in [0.2, 0.25) is 0 Å². The fraction of sp³-hybridized carbons (Fsp3) is 0.133. The first-order valence-corrected chi connectivity index (χ1v) is 7.08. The molecule has 0 amide bonds.